The van der Waals surface area contributed by atoms with E-state index in [0.29, 0.717) is 16.8 Å². The van der Waals surface area contributed by atoms with Crippen molar-refractivity contribution >= 4 is 17.9 Å². The lowest BCUT2D eigenvalue weighted by atomic mass is 10.1. The van der Waals surface area contributed by atoms with Crippen molar-refractivity contribution in [1.29, 1.82) is 0 Å². The predicted molar refractivity (Wildman–Crippen MR) is 81.5 cm³/mol. The first kappa shape index (κ1) is 13.5. The Labute approximate surface area is 123 Å². The Morgan fingerprint density at radius 3 is 2.43 bits per heavy atom. The molecule has 1 atom stereocenters. The van der Waals surface area contributed by atoms with E-state index in [1.54, 1.807) is 17.0 Å². The Balaban J connectivity index is 2.19. The molecule has 1 aliphatic heterocycles. The van der Waals surface area contributed by atoms with E-state index in [0.717, 1.165) is 11.8 Å². The normalized spacial score (nSPS) is 17.2. The highest BCUT2D eigenvalue weighted by Gasteiger charge is 2.39. The zero-order valence-corrected chi connectivity index (χ0v) is 12.0. The molecule has 21 heavy (non-hydrogen) atoms. The average molecular weight is 280 g/mol. The molecule has 1 unspecified atom stereocenters. The number of fused-ring (bicyclic) bond motifs is 1. The van der Waals surface area contributed by atoms with E-state index in [2.05, 4.69) is 0 Å². The van der Waals surface area contributed by atoms with Gasteiger partial charge in [-0.3, -0.25) is 19.4 Å². The van der Waals surface area contributed by atoms with Crippen molar-refractivity contribution < 1.29 is 9.59 Å². The first-order valence-corrected chi connectivity index (χ1v) is 6.78. The van der Waals surface area contributed by atoms with E-state index >= 15 is 0 Å². The lowest BCUT2D eigenvalue weighted by Crippen LogP contribution is -2.36. The first-order chi connectivity index (χ1) is 10.1. The highest BCUT2D eigenvalue weighted by atomic mass is 16.2. The molecule has 2 aromatic rings. The summed E-state index contributed by atoms with van der Waals surface area (Å²) in [5, 5.41) is 0. The van der Waals surface area contributed by atoms with Gasteiger partial charge in [-0.1, -0.05) is 30.3 Å². The number of hydrogen-bond donors (Lipinski definition) is 0. The van der Waals surface area contributed by atoms with Crippen LogP contribution < -0.4 is 4.90 Å². The van der Waals surface area contributed by atoms with E-state index in [1.807, 2.05) is 55.4 Å². The molecule has 106 valence electrons. The van der Waals surface area contributed by atoms with Gasteiger partial charge in [0.25, 0.3) is 5.91 Å². The third kappa shape index (κ3) is 2.04. The SMILES string of the molecule is CN(C)C1c2ccccc2C(=O)N1c1ccccc1C=O. The summed E-state index contributed by atoms with van der Waals surface area (Å²) in [6, 6.07) is 14.8. The van der Waals surface area contributed by atoms with Gasteiger partial charge in [0.1, 0.15) is 6.17 Å². The van der Waals surface area contributed by atoms with Gasteiger partial charge in [-0.25, -0.2) is 0 Å². The van der Waals surface area contributed by atoms with E-state index in [1.165, 1.54) is 0 Å². The summed E-state index contributed by atoms with van der Waals surface area (Å²) in [6.45, 7) is 0. The molecule has 0 fully saturated rings. The fourth-order valence-corrected chi connectivity index (χ4v) is 2.85. The van der Waals surface area contributed by atoms with Gasteiger partial charge >= 0.3 is 0 Å². The van der Waals surface area contributed by atoms with Crippen molar-refractivity contribution in [3.05, 3.63) is 65.2 Å². The fourth-order valence-electron chi connectivity index (χ4n) is 2.85. The summed E-state index contributed by atoms with van der Waals surface area (Å²) in [5.74, 6) is -0.0707. The maximum Gasteiger partial charge on any atom is 0.260 e. The van der Waals surface area contributed by atoms with Gasteiger partial charge in [0.15, 0.2) is 6.29 Å². The molecule has 0 spiro atoms. The quantitative estimate of drug-likeness (QED) is 0.812. The molecule has 4 nitrogen and oxygen atoms in total. The Hall–Kier alpha value is -2.46. The monoisotopic (exact) mass is 280 g/mol. The molecule has 0 N–H and O–H groups in total. The molecular weight excluding hydrogens is 264 g/mol. The predicted octanol–water partition coefficient (Wildman–Crippen LogP) is 2.72. The second-order valence-corrected chi connectivity index (χ2v) is 5.28. The van der Waals surface area contributed by atoms with Crippen LogP contribution in [0.15, 0.2) is 48.5 Å². The Bertz CT molecular complexity index is 709. The average Bonchev–Trinajstić information content (AvgIpc) is 2.81. The van der Waals surface area contributed by atoms with Gasteiger partial charge in [-0.05, 0) is 32.3 Å². The highest BCUT2D eigenvalue weighted by Crippen LogP contribution is 2.39. The zero-order chi connectivity index (χ0) is 15.0. The number of amides is 1. The number of carbonyl (C=O) groups is 2. The molecule has 1 heterocycles. The van der Waals surface area contributed by atoms with Gasteiger partial charge < -0.3 is 0 Å². The largest absolute Gasteiger partial charge is 0.298 e. The lowest BCUT2D eigenvalue weighted by Gasteiger charge is -2.31. The molecule has 2 aromatic carbocycles. The van der Waals surface area contributed by atoms with E-state index in [4.69, 9.17) is 0 Å². The van der Waals surface area contributed by atoms with Crippen LogP contribution in [0.3, 0.4) is 0 Å². The molecule has 4 heteroatoms. The van der Waals surface area contributed by atoms with Gasteiger partial charge in [0.2, 0.25) is 0 Å². The summed E-state index contributed by atoms with van der Waals surface area (Å²) >= 11 is 0. The van der Waals surface area contributed by atoms with Crippen LogP contribution in [0, 0.1) is 0 Å². The topological polar surface area (TPSA) is 40.6 Å². The Morgan fingerprint density at radius 2 is 1.71 bits per heavy atom. The summed E-state index contributed by atoms with van der Waals surface area (Å²) in [7, 11) is 3.85. The van der Waals surface area contributed by atoms with Crippen LogP contribution in [0.1, 0.15) is 32.4 Å². The maximum atomic E-state index is 12.8. The molecule has 0 aliphatic carbocycles. The van der Waals surface area contributed by atoms with Crippen molar-refractivity contribution in [2.75, 3.05) is 19.0 Å². The molecular formula is C17H16N2O2. The second kappa shape index (κ2) is 5.14. The number of carbonyl (C=O) groups excluding carboxylic acids is 2. The number of anilines is 1. The Kier molecular flexibility index (Phi) is 3.31. The Morgan fingerprint density at radius 1 is 1.05 bits per heavy atom. The third-order valence-electron chi connectivity index (χ3n) is 3.75. The van der Waals surface area contributed by atoms with Gasteiger partial charge in [0, 0.05) is 16.7 Å². The van der Waals surface area contributed by atoms with Gasteiger partial charge in [0.05, 0.1) is 5.69 Å². The summed E-state index contributed by atoms with van der Waals surface area (Å²) in [6.07, 6.45) is 0.591. The van der Waals surface area contributed by atoms with Crippen LogP contribution in [0.25, 0.3) is 0 Å². The number of nitrogens with zero attached hydrogens (tertiary/aromatic N) is 2. The fraction of sp³-hybridized carbons (Fsp3) is 0.176. The van der Waals surface area contributed by atoms with E-state index in [-0.39, 0.29) is 12.1 Å². The molecule has 1 aliphatic rings. The minimum atomic E-state index is -0.199. The van der Waals surface area contributed by atoms with Gasteiger partial charge in [-0.2, -0.15) is 0 Å². The smallest absolute Gasteiger partial charge is 0.260 e. The summed E-state index contributed by atoms with van der Waals surface area (Å²) in [5.41, 5.74) is 2.82. The first-order valence-electron chi connectivity index (χ1n) is 6.78. The maximum absolute atomic E-state index is 12.8. The summed E-state index contributed by atoms with van der Waals surface area (Å²) < 4.78 is 0. The number of aldehydes is 1. The van der Waals surface area contributed by atoms with Crippen LogP contribution in [-0.4, -0.2) is 31.2 Å². The van der Waals surface area contributed by atoms with E-state index in [9.17, 15) is 9.59 Å². The minimum Gasteiger partial charge on any atom is -0.298 e. The lowest BCUT2D eigenvalue weighted by molar-refractivity contribution is 0.0973. The molecule has 0 aromatic heterocycles. The van der Waals surface area contributed by atoms with Crippen molar-refractivity contribution in [3.8, 4) is 0 Å². The van der Waals surface area contributed by atoms with Crippen LogP contribution in [0.4, 0.5) is 5.69 Å². The number of rotatable bonds is 3. The summed E-state index contributed by atoms with van der Waals surface area (Å²) in [4.78, 5) is 27.7. The molecule has 0 radical (unpaired) electrons. The minimum absolute atomic E-state index is 0.0707. The van der Waals surface area contributed by atoms with Gasteiger partial charge in [-0.15, -0.1) is 0 Å². The van der Waals surface area contributed by atoms with Crippen molar-refractivity contribution in [3.63, 3.8) is 0 Å². The van der Waals surface area contributed by atoms with Crippen LogP contribution >= 0.6 is 0 Å². The number of benzene rings is 2. The zero-order valence-electron chi connectivity index (χ0n) is 12.0. The van der Waals surface area contributed by atoms with Crippen molar-refractivity contribution in [2.24, 2.45) is 0 Å². The number of hydrogen-bond acceptors (Lipinski definition) is 3. The molecule has 0 bridgehead atoms. The molecule has 0 saturated carbocycles. The van der Waals surface area contributed by atoms with Crippen molar-refractivity contribution in [1.82, 2.24) is 4.90 Å². The third-order valence-corrected chi connectivity index (χ3v) is 3.75. The van der Waals surface area contributed by atoms with Crippen molar-refractivity contribution in [2.45, 2.75) is 6.17 Å². The van der Waals surface area contributed by atoms with Crippen LogP contribution in [0.5, 0.6) is 0 Å². The highest BCUT2D eigenvalue weighted by molar-refractivity contribution is 6.12. The van der Waals surface area contributed by atoms with Crippen LogP contribution in [0.2, 0.25) is 0 Å². The molecule has 0 saturated heterocycles. The number of para-hydroxylation sites is 1. The molecule has 1 amide bonds. The second-order valence-electron chi connectivity index (χ2n) is 5.28. The molecule has 3 rings (SSSR count). The van der Waals surface area contributed by atoms with E-state index < -0.39 is 0 Å². The van der Waals surface area contributed by atoms with Crippen LogP contribution in [-0.2, 0) is 0 Å². The standard InChI is InChI=1S/C17H16N2O2/c1-18(2)16-13-8-4-5-9-14(13)17(21)19(16)15-10-6-3-7-12(15)11-20/h3-11,16H,1-2H3.